The van der Waals surface area contributed by atoms with Crippen LogP contribution in [0.25, 0.3) is 0 Å². The number of nitrogens with zero attached hydrogens (tertiary/aromatic N) is 2. The van der Waals surface area contributed by atoms with E-state index in [-0.39, 0.29) is 17.9 Å². The summed E-state index contributed by atoms with van der Waals surface area (Å²) in [7, 11) is 0. The monoisotopic (exact) mass is 287 g/mol. The summed E-state index contributed by atoms with van der Waals surface area (Å²) in [4.78, 5) is 20.6. The maximum atomic E-state index is 12.3. The fourth-order valence-corrected chi connectivity index (χ4v) is 2.20. The van der Waals surface area contributed by atoms with Gasteiger partial charge in [-0.3, -0.25) is 9.78 Å². The second-order valence-electron chi connectivity index (χ2n) is 5.57. The lowest BCUT2D eigenvalue weighted by molar-refractivity contribution is 0.0933. The topological polar surface area (TPSA) is 68.0 Å². The van der Waals surface area contributed by atoms with E-state index < -0.39 is 0 Å². The Morgan fingerprint density at radius 3 is 2.76 bits per heavy atom. The number of amides is 1. The van der Waals surface area contributed by atoms with Gasteiger partial charge in [0.1, 0.15) is 5.76 Å². The fraction of sp³-hybridized carbons (Fsp3) is 0.438. The Labute approximate surface area is 124 Å². The highest BCUT2D eigenvalue weighted by Crippen LogP contribution is 2.18. The molecule has 0 spiro atoms. The van der Waals surface area contributed by atoms with Crippen LogP contribution in [0.5, 0.6) is 0 Å². The number of nitrogens with one attached hydrogen (secondary N) is 1. The quantitative estimate of drug-likeness (QED) is 0.918. The minimum atomic E-state index is -0.200. The average molecular weight is 287 g/mol. The Balaban J connectivity index is 2.02. The van der Waals surface area contributed by atoms with Crippen molar-refractivity contribution in [2.75, 3.05) is 0 Å². The third kappa shape index (κ3) is 3.68. The second-order valence-corrected chi connectivity index (χ2v) is 5.57. The number of aromatic nitrogens is 2. The molecule has 21 heavy (non-hydrogen) atoms. The second kappa shape index (κ2) is 6.52. The van der Waals surface area contributed by atoms with Crippen LogP contribution in [0.1, 0.15) is 54.2 Å². The third-order valence-electron chi connectivity index (χ3n) is 3.33. The smallest absolute Gasteiger partial charge is 0.273 e. The van der Waals surface area contributed by atoms with Crippen molar-refractivity contribution in [3.8, 4) is 0 Å². The predicted octanol–water partition coefficient (Wildman–Crippen LogP) is 2.86. The van der Waals surface area contributed by atoms with E-state index in [1.165, 1.54) is 6.39 Å². The van der Waals surface area contributed by atoms with Crippen LogP contribution in [0, 0.1) is 6.92 Å². The van der Waals surface area contributed by atoms with Crippen LogP contribution in [0.4, 0.5) is 0 Å². The van der Waals surface area contributed by atoms with Crippen LogP contribution in [-0.4, -0.2) is 21.9 Å². The van der Waals surface area contributed by atoms with Gasteiger partial charge in [-0.25, -0.2) is 4.98 Å². The predicted molar refractivity (Wildman–Crippen MR) is 80.2 cm³/mol. The lowest BCUT2D eigenvalue weighted by Crippen LogP contribution is -2.35. The molecule has 0 radical (unpaired) electrons. The summed E-state index contributed by atoms with van der Waals surface area (Å²) in [6, 6.07) is 3.90. The van der Waals surface area contributed by atoms with E-state index in [9.17, 15) is 4.79 Å². The highest BCUT2D eigenvalue weighted by molar-refractivity contribution is 5.93. The standard InChI is InChI=1S/C16H21N3O2/c1-10(2)15-14(18-9-21-15)16(20)19-12(4)8-13-11(3)6-5-7-17-13/h5-7,9-10,12H,8H2,1-4H3,(H,19,20)/t12-/m0/s1. The van der Waals surface area contributed by atoms with Crippen LogP contribution < -0.4 is 5.32 Å². The van der Waals surface area contributed by atoms with E-state index >= 15 is 0 Å². The summed E-state index contributed by atoms with van der Waals surface area (Å²) in [5, 5.41) is 2.95. The van der Waals surface area contributed by atoms with Gasteiger partial charge in [-0.05, 0) is 25.5 Å². The third-order valence-corrected chi connectivity index (χ3v) is 3.33. The van der Waals surface area contributed by atoms with Crippen LogP contribution in [0.15, 0.2) is 29.1 Å². The van der Waals surface area contributed by atoms with Crippen LogP contribution >= 0.6 is 0 Å². The van der Waals surface area contributed by atoms with Gasteiger partial charge in [0.15, 0.2) is 12.1 Å². The molecule has 112 valence electrons. The van der Waals surface area contributed by atoms with E-state index in [0.29, 0.717) is 17.9 Å². The number of hydrogen-bond acceptors (Lipinski definition) is 4. The fourth-order valence-electron chi connectivity index (χ4n) is 2.20. The first-order chi connectivity index (χ1) is 9.99. The van der Waals surface area contributed by atoms with Crippen molar-refractivity contribution in [2.24, 2.45) is 0 Å². The molecule has 2 aromatic heterocycles. The molecule has 0 bridgehead atoms. The molecule has 5 heteroatoms. The maximum absolute atomic E-state index is 12.3. The number of rotatable bonds is 5. The van der Waals surface area contributed by atoms with Crippen molar-refractivity contribution in [3.05, 3.63) is 47.4 Å². The van der Waals surface area contributed by atoms with Crippen LogP contribution in [-0.2, 0) is 6.42 Å². The number of oxazole rings is 1. The Morgan fingerprint density at radius 2 is 2.10 bits per heavy atom. The Morgan fingerprint density at radius 1 is 1.33 bits per heavy atom. The first-order valence-electron chi connectivity index (χ1n) is 7.13. The highest BCUT2D eigenvalue weighted by atomic mass is 16.3. The van der Waals surface area contributed by atoms with Gasteiger partial charge in [0.25, 0.3) is 5.91 Å². The first kappa shape index (κ1) is 15.2. The van der Waals surface area contributed by atoms with Crippen molar-refractivity contribution in [1.29, 1.82) is 0 Å². The summed E-state index contributed by atoms with van der Waals surface area (Å²) in [6.07, 6.45) is 3.77. The summed E-state index contributed by atoms with van der Waals surface area (Å²) < 4.78 is 5.28. The van der Waals surface area contributed by atoms with Crippen molar-refractivity contribution in [2.45, 2.75) is 46.1 Å². The van der Waals surface area contributed by atoms with Crippen LogP contribution in [0.3, 0.4) is 0 Å². The Hall–Kier alpha value is -2.17. The number of aryl methyl sites for hydroxylation is 1. The van der Waals surface area contributed by atoms with E-state index in [2.05, 4.69) is 15.3 Å². The molecule has 0 fully saturated rings. The van der Waals surface area contributed by atoms with E-state index in [0.717, 1.165) is 11.3 Å². The zero-order valence-electron chi connectivity index (χ0n) is 12.9. The molecule has 0 aromatic carbocycles. The van der Waals surface area contributed by atoms with Crippen molar-refractivity contribution in [1.82, 2.24) is 15.3 Å². The van der Waals surface area contributed by atoms with Gasteiger partial charge >= 0.3 is 0 Å². The summed E-state index contributed by atoms with van der Waals surface area (Å²) >= 11 is 0. The van der Waals surface area contributed by atoms with Gasteiger partial charge in [0.2, 0.25) is 0 Å². The summed E-state index contributed by atoms with van der Waals surface area (Å²) in [6.45, 7) is 7.92. The zero-order chi connectivity index (χ0) is 15.4. The molecule has 1 amide bonds. The van der Waals surface area contributed by atoms with Gasteiger partial charge in [0.05, 0.1) is 0 Å². The van der Waals surface area contributed by atoms with Gasteiger partial charge in [-0.15, -0.1) is 0 Å². The molecule has 0 aliphatic heterocycles. The molecule has 0 saturated heterocycles. The highest BCUT2D eigenvalue weighted by Gasteiger charge is 2.20. The molecule has 2 heterocycles. The van der Waals surface area contributed by atoms with E-state index in [1.54, 1.807) is 6.20 Å². The molecule has 0 saturated carbocycles. The average Bonchev–Trinajstić information content (AvgIpc) is 2.91. The maximum Gasteiger partial charge on any atom is 0.273 e. The molecule has 0 aliphatic rings. The summed E-state index contributed by atoms with van der Waals surface area (Å²) in [5.74, 6) is 0.545. The lowest BCUT2D eigenvalue weighted by atomic mass is 10.1. The molecule has 5 nitrogen and oxygen atoms in total. The number of hydrogen-bond donors (Lipinski definition) is 1. The van der Waals surface area contributed by atoms with E-state index in [4.69, 9.17) is 4.42 Å². The van der Waals surface area contributed by atoms with Gasteiger partial charge in [0, 0.05) is 30.3 Å². The minimum Gasteiger partial charge on any atom is -0.447 e. The molecular weight excluding hydrogens is 266 g/mol. The Bertz CT molecular complexity index is 619. The Kier molecular flexibility index (Phi) is 4.73. The van der Waals surface area contributed by atoms with Gasteiger partial charge in [-0.2, -0.15) is 0 Å². The molecule has 0 unspecified atom stereocenters. The number of carbonyl (C=O) groups excluding carboxylic acids is 1. The zero-order valence-corrected chi connectivity index (χ0v) is 12.9. The molecule has 1 N–H and O–H groups in total. The van der Waals surface area contributed by atoms with E-state index in [1.807, 2.05) is 39.8 Å². The molecule has 1 atom stereocenters. The normalized spacial score (nSPS) is 12.4. The number of pyridine rings is 1. The SMILES string of the molecule is Cc1cccnc1C[C@H](C)NC(=O)c1ncoc1C(C)C. The summed E-state index contributed by atoms with van der Waals surface area (Å²) in [5.41, 5.74) is 2.49. The van der Waals surface area contributed by atoms with Crippen molar-refractivity contribution in [3.63, 3.8) is 0 Å². The molecule has 2 rings (SSSR count). The van der Waals surface area contributed by atoms with Crippen molar-refractivity contribution >= 4 is 5.91 Å². The molecule has 2 aromatic rings. The number of carbonyl (C=O) groups is 1. The molecular formula is C16H21N3O2. The van der Waals surface area contributed by atoms with Crippen LogP contribution in [0.2, 0.25) is 0 Å². The largest absolute Gasteiger partial charge is 0.447 e. The van der Waals surface area contributed by atoms with Crippen molar-refractivity contribution < 1.29 is 9.21 Å². The lowest BCUT2D eigenvalue weighted by Gasteiger charge is -2.14. The molecule has 0 aliphatic carbocycles. The van der Waals surface area contributed by atoms with Gasteiger partial charge < -0.3 is 9.73 Å². The minimum absolute atomic E-state index is 0.0252. The first-order valence-corrected chi connectivity index (χ1v) is 7.13. The van der Waals surface area contributed by atoms with Gasteiger partial charge in [-0.1, -0.05) is 19.9 Å².